The zero-order valence-corrected chi connectivity index (χ0v) is 15.9. The molecule has 4 rings (SSSR count). The number of anilines is 1. The molecule has 0 spiro atoms. The van der Waals surface area contributed by atoms with Gasteiger partial charge in [0.25, 0.3) is 0 Å². The minimum atomic E-state index is -0.337. The van der Waals surface area contributed by atoms with Gasteiger partial charge in [0.05, 0.1) is 10.9 Å². The number of hydrogen-bond donors (Lipinski definition) is 1. The largest absolute Gasteiger partial charge is 0.487 e. The van der Waals surface area contributed by atoms with Crippen LogP contribution in [-0.2, 0) is 16.2 Å². The Morgan fingerprint density at radius 2 is 2.07 bits per heavy atom. The highest BCUT2D eigenvalue weighted by atomic mass is 35.5. The maximum atomic E-state index is 13.2. The molecule has 1 atom stereocenters. The molecule has 5 nitrogen and oxygen atoms in total. The monoisotopic (exact) mass is 402 g/mol. The summed E-state index contributed by atoms with van der Waals surface area (Å²) in [6.45, 7) is 0.669. The SMILES string of the molecule is O=C(Nc1ccc(OCc2cccc(F)c2)c(Cl)c1)[C@@H]1CC(=O)N(C2CC2)C1. The molecule has 0 unspecified atom stereocenters. The molecule has 146 valence electrons. The Hall–Kier alpha value is -2.60. The minimum absolute atomic E-state index is 0.0572. The first kappa shape index (κ1) is 18.7. The smallest absolute Gasteiger partial charge is 0.229 e. The third kappa shape index (κ3) is 4.28. The summed E-state index contributed by atoms with van der Waals surface area (Å²) in [6.07, 6.45) is 2.32. The van der Waals surface area contributed by atoms with Gasteiger partial charge >= 0.3 is 0 Å². The van der Waals surface area contributed by atoms with Crippen LogP contribution in [0.15, 0.2) is 42.5 Å². The second kappa shape index (κ2) is 7.80. The first-order valence-corrected chi connectivity index (χ1v) is 9.64. The highest BCUT2D eigenvalue weighted by molar-refractivity contribution is 6.32. The van der Waals surface area contributed by atoms with E-state index in [1.165, 1.54) is 12.1 Å². The van der Waals surface area contributed by atoms with E-state index >= 15 is 0 Å². The first-order valence-electron chi connectivity index (χ1n) is 9.27. The molecule has 0 aromatic heterocycles. The van der Waals surface area contributed by atoms with Crippen LogP contribution in [0.2, 0.25) is 5.02 Å². The average molecular weight is 403 g/mol. The van der Waals surface area contributed by atoms with E-state index in [0.717, 1.165) is 12.8 Å². The third-order valence-electron chi connectivity index (χ3n) is 5.00. The summed E-state index contributed by atoms with van der Waals surface area (Å²) in [6, 6.07) is 11.4. The zero-order chi connectivity index (χ0) is 19.7. The molecule has 0 bridgehead atoms. The molecule has 2 fully saturated rings. The fourth-order valence-corrected chi connectivity index (χ4v) is 3.61. The molecule has 1 aliphatic heterocycles. The second-order valence-corrected chi connectivity index (χ2v) is 7.64. The Labute approximate surface area is 167 Å². The van der Waals surface area contributed by atoms with E-state index in [1.807, 2.05) is 4.90 Å². The van der Waals surface area contributed by atoms with Gasteiger partial charge in [0.1, 0.15) is 18.2 Å². The van der Waals surface area contributed by atoms with Gasteiger partial charge < -0.3 is 15.0 Å². The van der Waals surface area contributed by atoms with Gasteiger partial charge in [-0.25, -0.2) is 4.39 Å². The van der Waals surface area contributed by atoms with Crippen LogP contribution in [0.25, 0.3) is 0 Å². The van der Waals surface area contributed by atoms with Crippen molar-refractivity contribution in [1.82, 2.24) is 4.90 Å². The number of hydrogen-bond acceptors (Lipinski definition) is 3. The summed E-state index contributed by atoms with van der Waals surface area (Å²) in [7, 11) is 0. The summed E-state index contributed by atoms with van der Waals surface area (Å²) in [4.78, 5) is 26.3. The van der Waals surface area contributed by atoms with E-state index in [9.17, 15) is 14.0 Å². The van der Waals surface area contributed by atoms with Gasteiger partial charge in [0, 0.05) is 24.7 Å². The van der Waals surface area contributed by atoms with Crippen molar-refractivity contribution in [2.45, 2.75) is 31.9 Å². The van der Waals surface area contributed by atoms with Crippen LogP contribution in [0.3, 0.4) is 0 Å². The van der Waals surface area contributed by atoms with Crippen molar-refractivity contribution >= 4 is 29.1 Å². The number of halogens is 2. The molecule has 7 heteroatoms. The fourth-order valence-electron chi connectivity index (χ4n) is 3.37. The molecule has 1 aliphatic carbocycles. The molecule has 1 heterocycles. The van der Waals surface area contributed by atoms with Crippen molar-refractivity contribution in [3.8, 4) is 5.75 Å². The number of carbonyl (C=O) groups is 2. The number of amides is 2. The zero-order valence-electron chi connectivity index (χ0n) is 15.2. The molecule has 2 amide bonds. The van der Waals surface area contributed by atoms with Crippen molar-refractivity contribution in [2.24, 2.45) is 5.92 Å². The molecular formula is C21H20ClFN2O3. The quantitative estimate of drug-likeness (QED) is 0.794. The molecule has 1 N–H and O–H groups in total. The Kier molecular flexibility index (Phi) is 5.22. The highest BCUT2D eigenvalue weighted by Gasteiger charge is 2.41. The van der Waals surface area contributed by atoms with Crippen molar-refractivity contribution in [3.63, 3.8) is 0 Å². The summed E-state index contributed by atoms with van der Waals surface area (Å²) < 4.78 is 18.9. The number of nitrogens with zero attached hydrogens (tertiary/aromatic N) is 1. The van der Waals surface area contributed by atoms with Crippen molar-refractivity contribution in [1.29, 1.82) is 0 Å². The van der Waals surface area contributed by atoms with Gasteiger partial charge in [0.2, 0.25) is 11.8 Å². The summed E-state index contributed by atoms with van der Waals surface area (Å²) in [5.74, 6) is -0.339. The molecular weight excluding hydrogens is 383 g/mol. The van der Waals surface area contributed by atoms with Gasteiger partial charge in [-0.2, -0.15) is 0 Å². The molecule has 2 aliphatic rings. The highest BCUT2D eigenvalue weighted by Crippen LogP contribution is 2.33. The number of ether oxygens (including phenoxy) is 1. The van der Waals surface area contributed by atoms with Crippen molar-refractivity contribution < 1.29 is 18.7 Å². The van der Waals surface area contributed by atoms with Gasteiger partial charge in [-0.15, -0.1) is 0 Å². The van der Waals surface area contributed by atoms with Crippen LogP contribution in [0.5, 0.6) is 5.75 Å². The van der Waals surface area contributed by atoms with Crippen LogP contribution in [-0.4, -0.2) is 29.3 Å². The Morgan fingerprint density at radius 1 is 1.25 bits per heavy atom. The maximum Gasteiger partial charge on any atom is 0.229 e. The van der Waals surface area contributed by atoms with Gasteiger partial charge in [-0.1, -0.05) is 23.7 Å². The van der Waals surface area contributed by atoms with Crippen LogP contribution in [0, 0.1) is 11.7 Å². The normalized spacial score (nSPS) is 19.0. The minimum Gasteiger partial charge on any atom is -0.487 e. The second-order valence-electron chi connectivity index (χ2n) is 7.23. The summed E-state index contributed by atoms with van der Waals surface area (Å²) in [5.41, 5.74) is 1.24. The number of nitrogens with one attached hydrogen (secondary N) is 1. The number of carbonyl (C=O) groups excluding carboxylic acids is 2. The van der Waals surface area contributed by atoms with E-state index in [1.54, 1.807) is 30.3 Å². The van der Waals surface area contributed by atoms with E-state index in [0.29, 0.717) is 34.6 Å². The van der Waals surface area contributed by atoms with E-state index in [2.05, 4.69) is 5.32 Å². The Bertz CT molecular complexity index is 916. The summed E-state index contributed by atoms with van der Waals surface area (Å²) >= 11 is 6.25. The lowest BCUT2D eigenvalue weighted by atomic mass is 10.1. The lowest BCUT2D eigenvalue weighted by Gasteiger charge is -2.15. The lowest BCUT2D eigenvalue weighted by molar-refractivity contribution is -0.128. The van der Waals surface area contributed by atoms with Crippen LogP contribution in [0.1, 0.15) is 24.8 Å². The topological polar surface area (TPSA) is 58.6 Å². The third-order valence-corrected chi connectivity index (χ3v) is 5.30. The van der Waals surface area contributed by atoms with E-state index in [-0.39, 0.29) is 36.6 Å². The average Bonchev–Trinajstić information content (AvgIpc) is 3.43. The molecule has 2 aromatic rings. The Balaban J connectivity index is 1.35. The predicted molar refractivity (Wildman–Crippen MR) is 104 cm³/mol. The Morgan fingerprint density at radius 3 is 2.79 bits per heavy atom. The molecule has 0 radical (unpaired) electrons. The van der Waals surface area contributed by atoms with Crippen LogP contribution < -0.4 is 10.1 Å². The molecule has 1 saturated carbocycles. The number of rotatable bonds is 6. The summed E-state index contributed by atoms with van der Waals surface area (Å²) in [5, 5.41) is 3.17. The van der Waals surface area contributed by atoms with Crippen molar-refractivity contribution in [3.05, 3.63) is 58.9 Å². The first-order chi connectivity index (χ1) is 13.5. The van der Waals surface area contributed by atoms with Gasteiger partial charge in [-0.3, -0.25) is 9.59 Å². The molecule has 1 saturated heterocycles. The van der Waals surface area contributed by atoms with Gasteiger partial charge in [0.15, 0.2) is 0 Å². The number of likely N-dealkylation sites (tertiary alicyclic amines) is 1. The van der Waals surface area contributed by atoms with E-state index in [4.69, 9.17) is 16.3 Å². The number of benzene rings is 2. The molecule has 28 heavy (non-hydrogen) atoms. The van der Waals surface area contributed by atoms with Crippen LogP contribution >= 0.6 is 11.6 Å². The lowest BCUT2D eigenvalue weighted by Crippen LogP contribution is -2.29. The van der Waals surface area contributed by atoms with Crippen LogP contribution in [0.4, 0.5) is 10.1 Å². The predicted octanol–water partition coefficient (Wildman–Crippen LogP) is 4.01. The van der Waals surface area contributed by atoms with Crippen molar-refractivity contribution in [2.75, 3.05) is 11.9 Å². The fraction of sp³-hybridized carbons (Fsp3) is 0.333. The molecule has 2 aromatic carbocycles. The van der Waals surface area contributed by atoms with Gasteiger partial charge in [-0.05, 0) is 48.7 Å². The maximum absolute atomic E-state index is 13.2. The van der Waals surface area contributed by atoms with E-state index < -0.39 is 0 Å². The standard InChI is InChI=1S/C21H20ClFN2O3/c22-18-10-16(4-7-19(18)28-12-13-2-1-3-15(23)8-13)24-21(27)14-9-20(26)25(11-14)17-5-6-17/h1-4,7-8,10,14,17H,5-6,9,11-12H2,(H,24,27)/t14-/m1/s1.